The number of nitrogens with zero attached hydrogens (tertiary/aromatic N) is 1. The van der Waals surface area contributed by atoms with Gasteiger partial charge in [0.05, 0.1) is 12.9 Å². The Kier molecular flexibility index (Phi) is 6.68. The number of benzene rings is 1. The molecule has 146 valence electrons. The Hall–Kier alpha value is -2.12. The second-order valence-corrected chi connectivity index (χ2v) is 8.68. The van der Waals surface area contributed by atoms with Crippen LogP contribution in [0.4, 0.5) is 5.82 Å². The SMILES string of the molecule is COc1ccc(CCS(=O)(=O)NCCCc2ccc3c(n2)NCCC3)cc1. The first-order chi connectivity index (χ1) is 13.1. The van der Waals surface area contributed by atoms with E-state index in [0.29, 0.717) is 13.0 Å². The first kappa shape index (κ1) is 19.6. The van der Waals surface area contributed by atoms with E-state index in [4.69, 9.17) is 4.74 Å². The minimum atomic E-state index is -3.28. The monoisotopic (exact) mass is 389 g/mol. The standard InChI is InChI=1S/C20H27N3O3S/c1-26-19-10-6-16(7-11-19)12-15-27(24,25)22-14-3-5-18-9-8-17-4-2-13-21-20(17)23-18/h6-11,22H,2-5,12-15H2,1H3,(H,21,23). The quantitative estimate of drug-likeness (QED) is 0.644. The zero-order valence-corrected chi connectivity index (χ0v) is 16.5. The summed E-state index contributed by atoms with van der Waals surface area (Å²) < 4.78 is 32.1. The molecule has 0 saturated heterocycles. The van der Waals surface area contributed by atoms with E-state index in [2.05, 4.69) is 21.1 Å². The fraction of sp³-hybridized carbons (Fsp3) is 0.450. The molecule has 0 radical (unpaired) electrons. The molecule has 6 nitrogen and oxygen atoms in total. The first-order valence-corrected chi connectivity index (χ1v) is 11.0. The highest BCUT2D eigenvalue weighted by Crippen LogP contribution is 2.20. The molecule has 0 aliphatic carbocycles. The fourth-order valence-electron chi connectivity index (χ4n) is 3.12. The van der Waals surface area contributed by atoms with E-state index in [1.54, 1.807) is 7.11 Å². The van der Waals surface area contributed by atoms with Gasteiger partial charge in [-0.05, 0) is 61.4 Å². The Morgan fingerprint density at radius 2 is 1.96 bits per heavy atom. The van der Waals surface area contributed by atoms with Crippen LogP contribution in [0.5, 0.6) is 5.75 Å². The van der Waals surface area contributed by atoms with E-state index in [1.165, 1.54) is 5.56 Å². The molecule has 1 aliphatic heterocycles. The van der Waals surface area contributed by atoms with E-state index in [0.717, 1.165) is 55.1 Å². The van der Waals surface area contributed by atoms with Crippen LogP contribution >= 0.6 is 0 Å². The van der Waals surface area contributed by atoms with Crippen molar-refractivity contribution in [2.75, 3.05) is 31.3 Å². The highest BCUT2D eigenvalue weighted by Gasteiger charge is 2.12. The third-order valence-electron chi connectivity index (χ3n) is 4.70. The predicted molar refractivity (Wildman–Crippen MR) is 108 cm³/mol. The molecule has 1 aliphatic rings. The Bertz CT molecular complexity index is 851. The summed E-state index contributed by atoms with van der Waals surface area (Å²) in [5, 5.41) is 3.33. The number of nitrogens with one attached hydrogen (secondary N) is 2. The van der Waals surface area contributed by atoms with Gasteiger partial charge in [0, 0.05) is 18.8 Å². The number of pyridine rings is 1. The van der Waals surface area contributed by atoms with Crippen molar-refractivity contribution < 1.29 is 13.2 Å². The Labute approximate surface area is 161 Å². The van der Waals surface area contributed by atoms with Crippen LogP contribution in [0.15, 0.2) is 36.4 Å². The maximum absolute atomic E-state index is 12.2. The van der Waals surface area contributed by atoms with Crippen molar-refractivity contribution in [3.05, 3.63) is 53.2 Å². The van der Waals surface area contributed by atoms with Crippen molar-refractivity contribution in [2.24, 2.45) is 0 Å². The molecular formula is C20H27N3O3S. The average Bonchev–Trinajstić information content (AvgIpc) is 2.70. The van der Waals surface area contributed by atoms with Gasteiger partial charge in [-0.1, -0.05) is 18.2 Å². The molecule has 2 N–H and O–H groups in total. The van der Waals surface area contributed by atoms with E-state index in [1.807, 2.05) is 30.3 Å². The number of sulfonamides is 1. The summed E-state index contributed by atoms with van der Waals surface area (Å²) in [7, 11) is -1.67. The molecule has 0 amide bonds. The summed E-state index contributed by atoms with van der Waals surface area (Å²) >= 11 is 0. The summed E-state index contributed by atoms with van der Waals surface area (Å²) in [5.41, 5.74) is 3.25. The van der Waals surface area contributed by atoms with Gasteiger partial charge in [0.2, 0.25) is 10.0 Å². The smallest absolute Gasteiger partial charge is 0.211 e. The van der Waals surface area contributed by atoms with Crippen molar-refractivity contribution in [1.29, 1.82) is 0 Å². The van der Waals surface area contributed by atoms with Gasteiger partial charge in [-0.2, -0.15) is 0 Å². The Balaban J connectivity index is 1.41. The lowest BCUT2D eigenvalue weighted by atomic mass is 10.1. The normalized spacial score (nSPS) is 13.7. The number of hydrogen-bond donors (Lipinski definition) is 2. The van der Waals surface area contributed by atoms with Gasteiger partial charge in [-0.3, -0.25) is 0 Å². The van der Waals surface area contributed by atoms with Crippen LogP contribution in [-0.2, 0) is 29.3 Å². The predicted octanol–water partition coefficient (Wildman–Crippen LogP) is 2.54. The zero-order valence-electron chi connectivity index (χ0n) is 15.7. The largest absolute Gasteiger partial charge is 0.497 e. The van der Waals surface area contributed by atoms with Crippen LogP contribution in [0.2, 0.25) is 0 Å². The molecular weight excluding hydrogens is 362 g/mol. The molecule has 0 unspecified atom stereocenters. The molecule has 3 rings (SSSR count). The number of ether oxygens (including phenoxy) is 1. The summed E-state index contributed by atoms with van der Waals surface area (Å²) in [5.74, 6) is 1.84. The summed E-state index contributed by atoms with van der Waals surface area (Å²) in [6.07, 6.45) is 4.19. The Morgan fingerprint density at radius 3 is 2.74 bits per heavy atom. The van der Waals surface area contributed by atoms with Crippen molar-refractivity contribution in [3.8, 4) is 5.75 Å². The van der Waals surface area contributed by atoms with E-state index < -0.39 is 10.0 Å². The maximum Gasteiger partial charge on any atom is 0.211 e. The number of aromatic nitrogens is 1. The van der Waals surface area contributed by atoms with Gasteiger partial charge in [0.15, 0.2) is 0 Å². The van der Waals surface area contributed by atoms with E-state index in [-0.39, 0.29) is 5.75 Å². The average molecular weight is 390 g/mol. The highest BCUT2D eigenvalue weighted by molar-refractivity contribution is 7.89. The van der Waals surface area contributed by atoms with Crippen molar-refractivity contribution in [2.45, 2.75) is 32.1 Å². The van der Waals surface area contributed by atoms with Crippen LogP contribution in [-0.4, -0.2) is 39.4 Å². The minimum absolute atomic E-state index is 0.0837. The first-order valence-electron chi connectivity index (χ1n) is 9.39. The number of hydrogen-bond acceptors (Lipinski definition) is 5. The molecule has 0 fully saturated rings. The number of aryl methyl sites for hydroxylation is 3. The lowest BCUT2D eigenvalue weighted by Crippen LogP contribution is -2.28. The molecule has 1 aromatic carbocycles. The third-order valence-corrected chi connectivity index (χ3v) is 6.09. The second-order valence-electron chi connectivity index (χ2n) is 6.76. The van der Waals surface area contributed by atoms with Crippen LogP contribution in [0, 0.1) is 0 Å². The van der Waals surface area contributed by atoms with Gasteiger partial charge in [-0.15, -0.1) is 0 Å². The molecule has 0 spiro atoms. The molecule has 0 atom stereocenters. The van der Waals surface area contributed by atoms with Crippen LogP contribution in [0.3, 0.4) is 0 Å². The molecule has 2 heterocycles. The summed E-state index contributed by atoms with van der Waals surface area (Å²) in [6.45, 7) is 1.40. The number of rotatable bonds is 9. The van der Waals surface area contributed by atoms with Crippen molar-refractivity contribution in [3.63, 3.8) is 0 Å². The second kappa shape index (κ2) is 9.19. The van der Waals surface area contributed by atoms with Gasteiger partial charge in [-0.25, -0.2) is 18.1 Å². The molecule has 27 heavy (non-hydrogen) atoms. The van der Waals surface area contributed by atoms with Gasteiger partial charge >= 0.3 is 0 Å². The third kappa shape index (κ3) is 5.94. The lowest BCUT2D eigenvalue weighted by molar-refractivity contribution is 0.414. The fourth-order valence-corrected chi connectivity index (χ4v) is 4.23. The molecule has 0 bridgehead atoms. The number of anilines is 1. The number of methoxy groups -OCH3 is 1. The topological polar surface area (TPSA) is 80.3 Å². The van der Waals surface area contributed by atoms with Gasteiger partial charge < -0.3 is 10.1 Å². The van der Waals surface area contributed by atoms with E-state index >= 15 is 0 Å². The molecule has 0 saturated carbocycles. The van der Waals surface area contributed by atoms with Crippen LogP contribution in [0.25, 0.3) is 0 Å². The molecule has 1 aromatic heterocycles. The number of fused-ring (bicyclic) bond motifs is 1. The van der Waals surface area contributed by atoms with Crippen LogP contribution < -0.4 is 14.8 Å². The molecule has 2 aromatic rings. The van der Waals surface area contributed by atoms with Gasteiger partial charge in [0.25, 0.3) is 0 Å². The van der Waals surface area contributed by atoms with Crippen molar-refractivity contribution >= 4 is 15.8 Å². The summed E-state index contributed by atoms with van der Waals surface area (Å²) in [4.78, 5) is 4.64. The van der Waals surface area contributed by atoms with Gasteiger partial charge in [0.1, 0.15) is 11.6 Å². The summed E-state index contributed by atoms with van der Waals surface area (Å²) in [6, 6.07) is 11.6. The van der Waals surface area contributed by atoms with Crippen molar-refractivity contribution in [1.82, 2.24) is 9.71 Å². The van der Waals surface area contributed by atoms with E-state index in [9.17, 15) is 8.42 Å². The Morgan fingerprint density at radius 1 is 1.15 bits per heavy atom. The molecule has 7 heteroatoms. The lowest BCUT2D eigenvalue weighted by Gasteiger charge is -2.17. The van der Waals surface area contributed by atoms with Crippen LogP contribution in [0.1, 0.15) is 29.7 Å². The highest BCUT2D eigenvalue weighted by atomic mass is 32.2. The minimum Gasteiger partial charge on any atom is -0.497 e. The zero-order chi connectivity index (χ0) is 19.1. The maximum atomic E-state index is 12.2.